The van der Waals surface area contributed by atoms with E-state index in [0.29, 0.717) is 6.54 Å². The molecule has 0 saturated heterocycles. The number of aryl methyl sites for hydroxylation is 1. The number of anilines is 1. The molecule has 2 aromatic rings. The molecule has 0 aliphatic rings. The van der Waals surface area contributed by atoms with E-state index in [-0.39, 0.29) is 12.5 Å². The number of nitrogens with one attached hydrogen (secondary N) is 2. The van der Waals surface area contributed by atoms with Crippen LogP contribution in [0.3, 0.4) is 0 Å². The zero-order chi connectivity index (χ0) is 15.1. The van der Waals surface area contributed by atoms with Gasteiger partial charge in [-0.2, -0.15) is 0 Å². The van der Waals surface area contributed by atoms with Crippen molar-refractivity contribution in [1.82, 2.24) is 5.32 Å². The summed E-state index contributed by atoms with van der Waals surface area (Å²) in [5.41, 5.74) is 2.93. The molecule has 0 spiro atoms. The van der Waals surface area contributed by atoms with Crippen molar-refractivity contribution in [2.24, 2.45) is 0 Å². The molecule has 0 atom stereocenters. The van der Waals surface area contributed by atoms with Crippen LogP contribution in [0.5, 0.6) is 5.75 Å². The number of rotatable bonds is 6. The minimum atomic E-state index is -0.0563. The van der Waals surface area contributed by atoms with Crippen LogP contribution < -0.4 is 15.4 Å². The maximum atomic E-state index is 11.9. The van der Waals surface area contributed by atoms with Gasteiger partial charge in [0, 0.05) is 17.8 Å². The summed E-state index contributed by atoms with van der Waals surface area (Å²) in [7, 11) is 1.64. The topological polar surface area (TPSA) is 50.4 Å². The molecule has 0 unspecified atom stereocenters. The number of hydrogen-bond donors (Lipinski definition) is 2. The number of amides is 1. The first-order valence-electron chi connectivity index (χ1n) is 6.89. The van der Waals surface area contributed by atoms with Gasteiger partial charge in [0.2, 0.25) is 5.91 Å². The third kappa shape index (κ3) is 4.33. The van der Waals surface area contributed by atoms with Gasteiger partial charge in [0.1, 0.15) is 5.75 Å². The highest BCUT2D eigenvalue weighted by atomic mass is 16.5. The largest absolute Gasteiger partial charge is 0.496 e. The van der Waals surface area contributed by atoms with Crippen LogP contribution in [0.2, 0.25) is 0 Å². The molecular formula is C17H20N2O2. The lowest BCUT2D eigenvalue weighted by atomic mass is 10.2. The van der Waals surface area contributed by atoms with E-state index in [9.17, 15) is 4.79 Å². The minimum Gasteiger partial charge on any atom is -0.496 e. The summed E-state index contributed by atoms with van der Waals surface area (Å²) in [6.45, 7) is 2.81. The standard InChI is InChI=1S/C17H20N2O2/c1-13-7-3-5-9-15(13)19-17(20)12-18-11-14-8-4-6-10-16(14)21-2/h3-10,18H,11-12H2,1-2H3,(H,19,20). The van der Waals surface area contributed by atoms with Gasteiger partial charge in [-0.05, 0) is 24.6 Å². The van der Waals surface area contributed by atoms with Gasteiger partial charge in [-0.15, -0.1) is 0 Å². The molecule has 2 rings (SSSR count). The first-order chi connectivity index (χ1) is 10.2. The van der Waals surface area contributed by atoms with Crippen molar-refractivity contribution in [3.63, 3.8) is 0 Å². The van der Waals surface area contributed by atoms with Crippen LogP contribution in [-0.4, -0.2) is 19.6 Å². The summed E-state index contributed by atoms with van der Waals surface area (Å²) < 4.78 is 5.27. The van der Waals surface area contributed by atoms with Crippen molar-refractivity contribution in [1.29, 1.82) is 0 Å². The van der Waals surface area contributed by atoms with E-state index in [1.165, 1.54) is 0 Å². The highest BCUT2D eigenvalue weighted by Crippen LogP contribution is 2.16. The number of para-hydroxylation sites is 2. The Morgan fingerprint density at radius 2 is 1.81 bits per heavy atom. The van der Waals surface area contributed by atoms with Crippen molar-refractivity contribution < 1.29 is 9.53 Å². The zero-order valence-corrected chi connectivity index (χ0v) is 12.3. The Bertz CT molecular complexity index is 611. The summed E-state index contributed by atoms with van der Waals surface area (Å²) in [4.78, 5) is 11.9. The van der Waals surface area contributed by atoms with Gasteiger partial charge in [-0.3, -0.25) is 4.79 Å². The first kappa shape index (κ1) is 15.1. The highest BCUT2D eigenvalue weighted by molar-refractivity contribution is 5.92. The molecule has 4 nitrogen and oxygen atoms in total. The number of carbonyl (C=O) groups is 1. The molecule has 0 aromatic heterocycles. The van der Waals surface area contributed by atoms with Gasteiger partial charge in [-0.1, -0.05) is 36.4 Å². The van der Waals surface area contributed by atoms with Crippen LogP contribution in [0.25, 0.3) is 0 Å². The molecule has 2 aromatic carbocycles. The van der Waals surface area contributed by atoms with E-state index in [2.05, 4.69) is 10.6 Å². The third-order valence-corrected chi connectivity index (χ3v) is 3.21. The number of benzene rings is 2. The molecule has 0 aliphatic heterocycles. The fraction of sp³-hybridized carbons (Fsp3) is 0.235. The molecule has 1 amide bonds. The minimum absolute atomic E-state index is 0.0563. The molecule has 0 saturated carbocycles. The normalized spacial score (nSPS) is 10.2. The number of hydrogen-bond acceptors (Lipinski definition) is 3. The maximum absolute atomic E-state index is 11.9. The summed E-state index contributed by atoms with van der Waals surface area (Å²) in [6.07, 6.45) is 0. The van der Waals surface area contributed by atoms with Gasteiger partial charge >= 0.3 is 0 Å². The summed E-state index contributed by atoms with van der Waals surface area (Å²) in [5, 5.41) is 6.02. The lowest BCUT2D eigenvalue weighted by molar-refractivity contribution is -0.115. The SMILES string of the molecule is COc1ccccc1CNCC(=O)Nc1ccccc1C. The van der Waals surface area contributed by atoms with Crippen LogP contribution in [0.15, 0.2) is 48.5 Å². The molecule has 2 N–H and O–H groups in total. The van der Waals surface area contributed by atoms with E-state index in [1.807, 2.05) is 55.5 Å². The van der Waals surface area contributed by atoms with Crippen molar-refractivity contribution in [2.45, 2.75) is 13.5 Å². The summed E-state index contributed by atoms with van der Waals surface area (Å²) in [6, 6.07) is 15.5. The molecule has 0 radical (unpaired) electrons. The number of carbonyl (C=O) groups excluding carboxylic acids is 1. The van der Waals surface area contributed by atoms with Crippen LogP contribution in [0.4, 0.5) is 5.69 Å². The molecule has 110 valence electrons. The lowest BCUT2D eigenvalue weighted by Gasteiger charge is -2.10. The van der Waals surface area contributed by atoms with Crippen molar-refractivity contribution in [3.05, 3.63) is 59.7 Å². The van der Waals surface area contributed by atoms with Gasteiger partial charge in [0.05, 0.1) is 13.7 Å². The average molecular weight is 284 g/mol. The first-order valence-corrected chi connectivity index (χ1v) is 6.89. The fourth-order valence-corrected chi connectivity index (χ4v) is 2.07. The highest BCUT2D eigenvalue weighted by Gasteiger charge is 2.05. The predicted molar refractivity (Wildman–Crippen MR) is 84.5 cm³/mol. The van der Waals surface area contributed by atoms with Gasteiger partial charge in [0.25, 0.3) is 0 Å². The van der Waals surface area contributed by atoms with Crippen molar-refractivity contribution >= 4 is 11.6 Å². The third-order valence-electron chi connectivity index (χ3n) is 3.21. The summed E-state index contributed by atoms with van der Waals surface area (Å²) >= 11 is 0. The summed E-state index contributed by atoms with van der Waals surface area (Å²) in [5.74, 6) is 0.767. The van der Waals surface area contributed by atoms with E-state index in [0.717, 1.165) is 22.6 Å². The molecule has 0 heterocycles. The zero-order valence-electron chi connectivity index (χ0n) is 12.3. The predicted octanol–water partition coefficient (Wildman–Crippen LogP) is 2.73. The second kappa shape index (κ2) is 7.45. The van der Waals surface area contributed by atoms with Crippen LogP contribution >= 0.6 is 0 Å². The Balaban J connectivity index is 1.83. The Morgan fingerprint density at radius 3 is 2.57 bits per heavy atom. The van der Waals surface area contributed by atoms with E-state index < -0.39 is 0 Å². The Morgan fingerprint density at radius 1 is 1.10 bits per heavy atom. The molecule has 4 heteroatoms. The average Bonchev–Trinajstić information content (AvgIpc) is 2.50. The lowest BCUT2D eigenvalue weighted by Crippen LogP contribution is -2.28. The molecule has 0 aliphatic carbocycles. The van der Waals surface area contributed by atoms with Gasteiger partial charge in [0.15, 0.2) is 0 Å². The van der Waals surface area contributed by atoms with E-state index in [1.54, 1.807) is 7.11 Å². The quantitative estimate of drug-likeness (QED) is 0.857. The smallest absolute Gasteiger partial charge is 0.238 e. The Hall–Kier alpha value is -2.33. The molecule has 21 heavy (non-hydrogen) atoms. The van der Waals surface area contributed by atoms with Gasteiger partial charge < -0.3 is 15.4 Å². The van der Waals surface area contributed by atoms with E-state index >= 15 is 0 Å². The van der Waals surface area contributed by atoms with Crippen molar-refractivity contribution in [3.8, 4) is 5.75 Å². The van der Waals surface area contributed by atoms with Crippen LogP contribution in [0.1, 0.15) is 11.1 Å². The van der Waals surface area contributed by atoms with Crippen LogP contribution in [-0.2, 0) is 11.3 Å². The molecule has 0 bridgehead atoms. The second-order valence-corrected chi connectivity index (χ2v) is 4.78. The van der Waals surface area contributed by atoms with Crippen molar-refractivity contribution in [2.75, 3.05) is 19.0 Å². The Labute approximate surface area is 125 Å². The number of ether oxygens (including phenoxy) is 1. The monoisotopic (exact) mass is 284 g/mol. The van der Waals surface area contributed by atoms with E-state index in [4.69, 9.17) is 4.74 Å². The van der Waals surface area contributed by atoms with Crippen LogP contribution in [0, 0.1) is 6.92 Å². The maximum Gasteiger partial charge on any atom is 0.238 e. The molecule has 0 fully saturated rings. The van der Waals surface area contributed by atoms with Gasteiger partial charge in [-0.25, -0.2) is 0 Å². The fourth-order valence-electron chi connectivity index (χ4n) is 2.07. The molecular weight excluding hydrogens is 264 g/mol. The number of methoxy groups -OCH3 is 1. The second-order valence-electron chi connectivity index (χ2n) is 4.78. The Kier molecular flexibility index (Phi) is 5.35.